The topological polar surface area (TPSA) is 55.1 Å². The van der Waals surface area contributed by atoms with E-state index >= 15 is 0 Å². The third kappa shape index (κ3) is 2.93. The molecule has 0 aliphatic carbocycles. The van der Waals surface area contributed by atoms with Crippen LogP contribution >= 0.6 is 0 Å². The van der Waals surface area contributed by atoms with Crippen LogP contribution in [-0.2, 0) is 12.0 Å². The quantitative estimate of drug-likeness (QED) is 0.805. The normalized spacial score (nSPS) is 11.8. The van der Waals surface area contributed by atoms with Crippen molar-refractivity contribution in [2.75, 3.05) is 5.32 Å². The van der Waals surface area contributed by atoms with E-state index in [-0.39, 0.29) is 5.41 Å². The van der Waals surface area contributed by atoms with E-state index in [4.69, 9.17) is 5.10 Å². The molecule has 0 bridgehead atoms. The SMILES string of the molecule is Cc1cc(NCc2cccnc2)n2nc(C(C)(C)C)cc2n1. The number of nitrogens with zero attached hydrogens (tertiary/aromatic N) is 4. The minimum atomic E-state index is 0.00221. The molecule has 3 aromatic heterocycles. The molecule has 0 aromatic carbocycles. The summed E-state index contributed by atoms with van der Waals surface area (Å²) in [5.41, 5.74) is 4.02. The van der Waals surface area contributed by atoms with Crippen molar-refractivity contribution < 1.29 is 0 Å². The van der Waals surface area contributed by atoms with Gasteiger partial charge in [-0.05, 0) is 18.6 Å². The summed E-state index contributed by atoms with van der Waals surface area (Å²) in [6.45, 7) is 9.18. The van der Waals surface area contributed by atoms with Crippen LogP contribution in [-0.4, -0.2) is 19.6 Å². The van der Waals surface area contributed by atoms with E-state index in [0.29, 0.717) is 6.54 Å². The van der Waals surface area contributed by atoms with Crippen molar-refractivity contribution in [3.05, 3.63) is 53.6 Å². The van der Waals surface area contributed by atoms with Gasteiger partial charge in [-0.25, -0.2) is 4.98 Å². The predicted molar refractivity (Wildman–Crippen MR) is 88.0 cm³/mol. The van der Waals surface area contributed by atoms with Crippen molar-refractivity contribution in [3.8, 4) is 0 Å². The smallest absolute Gasteiger partial charge is 0.157 e. The fourth-order valence-corrected chi connectivity index (χ4v) is 2.29. The Morgan fingerprint density at radius 3 is 2.73 bits per heavy atom. The number of aryl methyl sites for hydroxylation is 1. The van der Waals surface area contributed by atoms with Crippen molar-refractivity contribution in [3.63, 3.8) is 0 Å². The van der Waals surface area contributed by atoms with Crippen LogP contribution in [0, 0.1) is 6.92 Å². The largest absolute Gasteiger partial charge is 0.366 e. The lowest BCUT2D eigenvalue weighted by atomic mass is 9.93. The summed E-state index contributed by atoms with van der Waals surface area (Å²) < 4.78 is 1.88. The molecule has 0 unspecified atom stereocenters. The van der Waals surface area contributed by atoms with E-state index in [2.05, 4.69) is 48.2 Å². The van der Waals surface area contributed by atoms with Crippen LogP contribution in [0.15, 0.2) is 36.7 Å². The van der Waals surface area contributed by atoms with Gasteiger partial charge in [0.15, 0.2) is 5.65 Å². The van der Waals surface area contributed by atoms with E-state index in [1.165, 1.54) is 0 Å². The Morgan fingerprint density at radius 1 is 1.23 bits per heavy atom. The van der Waals surface area contributed by atoms with Gasteiger partial charge in [0.05, 0.1) is 5.69 Å². The fraction of sp³-hybridized carbons (Fsp3) is 0.353. The fourth-order valence-electron chi connectivity index (χ4n) is 2.29. The molecule has 1 N–H and O–H groups in total. The van der Waals surface area contributed by atoms with Crippen LogP contribution < -0.4 is 5.32 Å². The van der Waals surface area contributed by atoms with Gasteiger partial charge in [-0.2, -0.15) is 9.61 Å². The summed E-state index contributed by atoms with van der Waals surface area (Å²) in [6.07, 6.45) is 3.64. The summed E-state index contributed by atoms with van der Waals surface area (Å²) >= 11 is 0. The molecule has 0 aliphatic rings. The molecule has 3 heterocycles. The van der Waals surface area contributed by atoms with Crippen molar-refractivity contribution in [1.29, 1.82) is 0 Å². The molecular formula is C17H21N5. The maximum Gasteiger partial charge on any atom is 0.157 e. The minimum absolute atomic E-state index is 0.00221. The number of aromatic nitrogens is 4. The first-order valence-electron chi connectivity index (χ1n) is 7.44. The molecule has 0 atom stereocenters. The third-order valence-corrected chi connectivity index (χ3v) is 3.52. The van der Waals surface area contributed by atoms with Gasteiger partial charge in [-0.15, -0.1) is 0 Å². The van der Waals surface area contributed by atoms with E-state index in [1.54, 1.807) is 6.20 Å². The summed E-state index contributed by atoms with van der Waals surface area (Å²) in [6, 6.07) is 8.07. The predicted octanol–water partition coefficient (Wildman–Crippen LogP) is 3.34. The Labute approximate surface area is 130 Å². The molecule has 3 rings (SSSR count). The average molecular weight is 295 g/mol. The number of hydrogen-bond acceptors (Lipinski definition) is 4. The molecular weight excluding hydrogens is 274 g/mol. The average Bonchev–Trinajstić information content (AvgIpc) is 2.90. The summed E-state index contributed by atoms with van der Waals surface area (Å²) in [7, 11) is 0. The summed E-state index contributed by atoms with van der Waals surface area (Å²) in [5.74, 6) is 0.946. The summed E-state index contributed by atoms with van der Waals surface area (Å²) in [4.78, 5) is 8.71. The molecule has 3 aromatic rings. The molecule has 0 radical (unpaired) electrons. The molecule has 0 aliphatic heterocycles. The monoisotopic (exact) mass is 295 g/mol. The van der Waals surface area contributed by atoms with Crippen LogP contribution in [0.5, 0.6) is 0 Å². The maximum absolute atomic E-state index is 4.71. The van der Waals surface area contributed by atoms with Crippen LogP contribution in [0.3, 0.4) is 0 Å². The van der Waals surface area contributed by atoms with E-state index in [9.17, 15) is 0 Å². The van der Waals surface area contributed by atoms with Gasteiger partial charge in [0.1, 0.15) is 5.82 Å². The van der Waals surface area contributed by atoms with Crippen LogP contribution in [0.2, 0.25) is 0 Å². The van der Waals surface area contributed by atoms with Gasteiger partial charge < -0.3 is 5.32 Å². The number of anilines is 1. The highest BCUT2D eigenvalue weighted by Crippen LogP contribution is 2.23. The first-order chi connectivity index (χ1) is 10.4. The Balaban J connectivity index is 1.96. The Kier molecular flexibility index (Phi) is 3.56. The summed E-state index contributed by atoms with van der Waals surface area (Å²) in [5, 5.41) is 8.14. The zero-order chi connectivity index (χ0) is 15.7. The zero-order valence-electron chi connectivity index (χ0n) is 13.5. The lowest BCUT2D eigenvalue weighted by molar-refractivity contribution is 0.563. The lowest BCUT2D eigenvalue weighted by Gasteiger charge is -2.14. The lowest BCUT2D eigenvalue weighted by Crippen LogP contribution is -2.12. The minimum Gasteiger partial charge on any atom is -0.366 e. The van der Waals surface area contributed by atoms with E-state index in [0.717, 1.165) is 28.4 Å². The molecule has 0 spiro atoms. The van der Waals surface area contributed by atoms with Gasteiger partial charge in [-0.1, -0.05) is 26.8 Å². The number of hydrogen-bond donors (Lipinski definition) is 1. The molecule has 5 nitrogen and oxygen atoms in total. The van der Waals surface area contributed by atoms with Gasteiger partial charge in [-0.3, -0.25) is 4.98 Å². The van der Waals surface area contributed by atoms with Gasteiger partial charge in [0.25, 0.3) is 0 Å². The van der Waals surface area contributed by atoms with E-state index < -0.39 is 0 Å². The van der Waals surface area contributed by atoms with Crippen molar-refractivity contribution in [2.24, 2.45) is 0 Å². The molecule has 0 saturated heterocycles. The van der Waals surface area contributed by atoms with Gasteiger partial charge in [0, 0.05) is 42.2 Å². The van der Waals surface area contributed by atoms with Crippen LogP contribution in [0.25, 0.3) is 5.65 Å². The number of nitrogens with one attached hydrogen (secondary N) is 1. The second-order valence-corrected chi connectivity index (χ2v) is 6.55. The molecule has 22 heavy (non-hydrogen) atoms. The molecule has 5 heteroatoms. The highest BCUT2D eigenvalue weighted by Gasteiger charge is 2.19. The number of fused-ring (bicyclic) bond motifs is 1. The highest BCUT2D eigenvalue weighted by molar-refractivity contribution is 5.51. The van der Waals surface area contributed by atoms with Gasteiger partial charge in [0.2, 0.25) is 0 Å². The van der Waals surface area contributed by atoms with E-state index in [1.807, 2.05) is 29.8 Å². The second kappa shape index (κ2) is 5.40. The maximum atomic E-state index is 4.71. The second-order valence-electron chi connectivity index (χ2n) is 6.55. The zero-order valence-corrected chi connectivity index (χ0v) is 13.5. The number of rotatable bonds is 3. The Bertz CT molecular complexity index is 784. The Hall–Kier alpha value is -2.43. The molecule has 114 valence electrons. The molecule has 0 saturated carbocycles. The standard InChI is InChI=1S/C17H21N5/c1-12-8-15(19-11-13-6-5-7-18-10-13)22-16(20-12)9-14(21-22)17(2,3)4/h5-10,19H,11H2,1-4H3. The van der Waals surface area contributed by atoms with Crippen molar-refractivity contribution in [2.45, 2.75) is 39.7 Å². The van der Waals surface area contributed by atoms with Crippen molar-refractivity contribution in [1.82, 2.24) is 19.6 Å². The van der Waals surface area contributed by atoms with Crippen LogP contribution in [0.4, 0.5) is 5.82 Å². The number of pyridine rings is 1. The third-order valence-electron chi connectivity index (χ3n) is 3.52. The highest BCUT2D eigenvalue weighted by atomic mass is 15.3. The van der Waals surface area contributed by atoms with Gasteiger partial charge >= 0.3 is 0 Å². The van der Waals surface area contributed by atoms with Crippen LogP contribution in [0.1, 0.15) is 37.7 Å². The van der Waals surface area contributed by atoms with Crippen molar-refractivity contribution >= 4 is 11.5 Å². The molecule has 0 amide bonds. The Morgan fingerprint density at radius 2 is 2.05 bits per heavy atom. The molecule has 0 fully saturated rings. The first-order valence-corrected chi connectivity index (χ1v) is 7.44. The first kappa shape index (κ1) is 14.5.